The minimum atomic E-state index is -2.53. The maximum Gasteiger partial charge on any atom is 0.258 e. The second kappa shape index (κ2) is 1.68. The van der Waals surface area contributed by atoms with Crippen molar-refractivity contribution in [1.29, 1.82) is 0 Å². The molecule has 2 rings (SSSR count). The van der Waals surface area contributed by atoms with Gasteiger partial charge in [-0.2, -0.15) is 0 Å². The number of alkyl halides is 2. The van der Waals surface area contributed by atoms with Crippen molar-refractivity contribution in [3.8, 4) is 0 Å². The topological polar surface area (TPSA) is 35.2 Å². The van der Waals surface area contributed by atoms with E-state index in [4.69, 9.17) is 10.5 Å². The van der Waals surface area contributed by atoms with Crippen molar-refractivity contribution < 1.29 is 13.5 Å². The molecule has 1 saturated heterocycles. The summed E-state index contributed by atoms with van der Waals surface area (Å²) in [5.41, 5.74) is 5.39. The van der Waals surface area contributed by atoms with Crippen LogP contribution in [0.15, 0.2) is 0 Å². The Balaban J connectivity index is 2.11. The molecule has 2 N–H and O–H groups in total. The first-order valence-corrected chi connectivity index (χ1v) is 3.35. The number of nitrogens with two attached hydrogens (primary N) is 1. The Morgan fingerprint density at radius 1 is 1.40 bits per heavy atom. The maximum absolute atomic E-state index is 12.6. The molecule has 0 amide bonds. The summed E-state index contributed by atoms with van der Waals surface area (Å²) in [7, 11) is 0. The normalized spacial score (nSPS) is 50.1. The maximum atomic E-state index is 12.6. The fraction of sp³-hybridized carbons (Fsp3) is 1.00. The first-order chi connectivity index (χ1) is 4.64. The molecule has 3 unspecified atom stereocenters. The fourth-order valence-corrected chi connectivity index (χ4v) is 1.65. The van der Waals surface area contributed by atoms with Gasteiger partial charge in [-0.25, -0.2) is 8.78 Å². The molecular weight excluding hydrogens is 140 g/mol. The highest BCUT2D eigenvalue weighted by Crippen LogP contribution is 2.58. The van der Waals surface area contributed by atoms with E-state index in [-0.39, 0.29) is 13.2 Å². The van der Waals surface area contributed by atoms with Crippen LogP contribution >= 0.6 is 0 Å². The Morgan fingerprint density at radius 3 is 2.60 bits per heavy atom. The van der Waals surface area contributed by atoms with Gasteiger partial charge in [0.15, 0.2) is 0 Å². The number of fused-ring (bicyclic) bond motifs is 1. The molecule has 0 aromatic rings. The Hall–Kier alpha value is -0.220. The molecule has 3 atom stereocenters. The number of rotatable bonds is 0. The summed E-state index contributed by atoms with van der Waals surface area (Å²) in [4.78, 5) is 0. The van der Waals surface area contributed by atoms with Gasteiger partial charge >= 0.3 is 0 Å². The van der Waals surface area contributed by atoms with Gasteiger partial charge in [-0.3, -0.25) is 0 Å². The van der Waals surface area contributed by atoms with Gasteiger partial charge in [0.2, 0.25) is 0 Å². The van der Waals surface area contributed by atoms with Gasteiger partial charge in [-0.1, -0.05) is 0 Å². The molecule has 2 nitrogen and oxygen atoms in total. The van der Waals surface area contributed by atoms with E-state index in [0.29, 0.717) is 0 Å². The van der Waals surface area contributed by atoms with E-state index in [0.717, 1.165) is 0 Å². The van der Waals surface area contributed by atoms with E-state index in [1.165, 1.54) is 0 Å². The molecule has 0 spiro atoms. The minimum absolute atomic E-state index is 0.186. The van der Waals surface area contributed by atoms with E-state index in [2.05, 4.69) is 0 Å². The van der Waals surface area contributed by atoms with Crippen molar-refractivity contribution in [3.63, 3.8) is 0 Å². The number of ether oxygens (including phenoxy) is 1. The molecule has 58 valence electrons. The van der Waals surface area contributed by atoms with Crippen LogP contribution in [0.5, 0.6) is 0 Å². The monoisotopic (exact) mass is 149 g/mol. The molecule has 1 aliphatic heterocycles. The van der Waals surface area contributed by atoms with E-state index in [9.17, 15) is 8.78 Å². The van der Waals surface area contributed by atoms with Gasteiger partial charge in [0, 0.05) is 6.04 Å². The van der Waals surface area contributed by atoms with Crippen LogP contribution in [0.4, 0.5) is 8.78 Å². The lowest BCUT2D eigenvalue weighted by Crippen LogP contribution is -2.34. The van der Waals surface area contributed by atoms with Crippen molar-refractivity contribution in [1.82, 2.24) is 0 Å². The van der Waals surface area contributed by atoms with E-state index >= 15 is 0 Å². The lowest BCUT2D eigenvalue weighted by atomic mass is 10.1. The van der Waals surface area contributed by atoms with Crippen LogP contribution in [0.2, 0.25) is 0 Å². The summed E-state index contributed by atoms with van der Waals surface area (Å²) in [6.45, 7) is 0.474. The second-order valence-corrected chi connectivity index (χ2v) is 3.01. The van der Waals surface area contributed by atoms with Gasteiger partial charge in [-0.15, -0.1) is 0 Å². The van der Waals surface area contributed by atoms with Crippen molar-refractivity contribution in [2.45, 2.75) is 12.0 Å². The first kappa shape index (κ1) is 6.49. The van der Waals surface area contributed by atoms with Crippen molar-refractivity contribution in [2.24, 2.45) is 17.6 Å². The molecule has 1 heterocycles. The van der Waals surface area contributed by atoms with Crippen LogP contribution in [0, 0.1) is 11.8 Å². The summed E-state index contributed by atoms with van der Waals surface area (Å²) < 4.78 is 30.1. The zero-order valence-corrected chi connectivity index (χ0v) is 5.39. The average Bonchev–Trinajstić information content (AvgIpc) is 2.38. The molecule has 10 heavy (non-hydrogen) atoms. The van der Waals surface area contributed by atoms with Gasteiger partial charge in [-0.05, 0) is 0 Å². The third kappa shape index (κ3) is 0.632. The van der Waals surface area contributed by atoms with Crippen molar-refractivity contribution >= 4 is 0 Å². The molecule has 0 radical (unpaired) electrons. The van der Waals surface area contributed by atoms with Crippen LogP contribution < -0.4 is 5.73 Å². The van der Waals surface area contributed by atoms with E-state index < -0.39 is 23.8 Å². The summed E-state index contributed by atoms with van der Waals surface area (Å²) in [6, 6.07) is -0.450. The predicted molar refractivity (Wildman–Crippen MR) is 30.7 cm³/mol. The van der Waals surface area contributed by atoms with Crippen molar-refractivity contribution in [2.75, 3.05) is 13.2 Å². The van der Waals surface area contributed by atoms with Crippen LogP contribution in [-0.2, 0) is 4.74 Å². The third-order valence-electron chi connectivity index (χ3n) is 2.33. The molecule has 0 bridgehead atoms. The highest BCUT2D eigenvalue weighted by molar-refractivity contribution is 5.11. The summed E-state index contributed by atoms with van der Waals surface area (Å²) in [5, 5.41) is 0. The molecule has 2 aliphatic rings. The Labute approximate surface area is 57.3 Å². The quantitative estimate of drug-likeness (QED) is 0.535. The molecule has 1 saturated carbocycles. The zero-order chi connectivity index (χ0) is 7.35. The van der Waals surface area contributed by atoms with Crippen LogP contribution in [-0.4, -0.2) is 25.2 Å². The van der Waals surface area contributed by atoms with Gasteiger partial charge in [0.05, 0.1) is 25.0 Å². The SMILES string of the molecule is NC1COCC2C1C2(F)F. The van der Waals surface area contributed by atoms with Crippen LogP contribution in [0.25, 0.3) is 0 Å². The fourth-order valence-electron chi connectivity index (χ4n) is 1.65. The number of halogens is 2. The Bertz CT molecular complexity index is 162. The molecule has 0 aromatic heterocycles. The highest BCUT2D eigenvalue weighted by Gasteiger charge is 2.71. The molecule has 1 aliphatic carbocycles. The number of hydrogen-bond donors (Lipinski definition) is 1. The predicted octanol–water partition coefficient (Wildman–Crippen LogP) is 0.225. The molecular formula is C6H9F2NO. The van der Waals surface area contributed by atoms with Gasteiger partial charge < -0.3 is 10.5 Å². The summed E-state index contributed by atoms with van der Waals surface area (Å²) >= 11 is 0. The molecule has 4 heteroatoms. The Morgan fingerprint density at radius 2 is 2.10 bits per heavy atom. The van der Waals surface area contributed by atoms with Gasteiger partial charge in [0.1, 0.15) is 0 Å². The lowest BCUT2D eigenvalue weighted by molar-refractivity contribution is 0.0629. The Kier molecular flexibility index (Phi) is 1.09. The number of hydrogen-bond acceptors (Lipinski definition) is 2. The van der Waals surface area contributed by atoms with Crippen molar-refractivity contribution in [3.05, 3.63) is 0 Å². The first-order valence-electron chi connectivity index (χ1n) is 3.35. The summed E-state index contributed by atoms with van der Waals surface area (Å²) in [6.07, 6.45) is 0. The highest BCUT2D eigenvalue weighted by atomic mass is 19.3. The second-order valence-electron chi connectivity index (χ2n) is 3.01. The third-order valence-corrected chi connectivity index (χ3v) is 2.33. The van der Waals surface area contributed by atoms with E-state index in [1.54, 1.807) is 0 Å². The minimum Gasteiger partial charge on any atom is -0.379 e. The zero-order valence-electron chi connectivity index (χ0n) is 5.39. The largest absolute Gasteiger partial charge is 0.379 e. The standard InChI is InChI=1S/C6H9F2NO/c7-6(8)3-1-10-2-4(9)5(3)6/h3-5H,1-2,9H2. The van der Waals surface area contributed by atoms with Gasteiger partial charge in [0.25, 0.3) is 5.92 Å². The van der Waals surface area contributed by atoms with Crippen LogP contribution in [0.3, 0.4) is 0 Å². The molecule has 2 fully saturated rings. The van der Waals surface area contributed by atoms with E-state index in [1.807, 2.05) is 0 Å². The molecule has 0 aromatic carbocycles. The lowest BCUT2D eigenvalue weighted by Gasteiger charge is -2.14. The average molecular weight is 149 g/mol. The van der Waals surface area contributed by atoms with Crippen LogP contribution in [0.1, 0.15) is 0 Å². The smallest absolute Gasteiger partial charge is 0.258 e. The summed E-state index contributed by atoms with van der Waals surface area (Å²) in [5.74, 6) is -3.71.